The highest BCUT2D eigenvalue weighted by Crippen LogP contribution is 2.50. The van der Waals surface area contributed by atoms with E-state index in [0.717, 1.165) is 24.8 Å². The van der Waals surface area contributed by atoms with E-state index in [9.17, 15) is 9.90 Å². The van der Waals surface area contributed by atoms with Crippen LogP contribution >= 0.6 is 0 Å². The fourth-order valence-corrected chi connectivity index (χ4v) is 3.52. The van der Waals surface area contributed by atoms with Crippen LogP contribution in [0.4, 0.5) is 0 Å². The maximum Gasteiger partial charge on any atom is 0.314 e. The van der Waals surface area contributed by atoms with Crippen molar-refractivity contribution in [3.05, 3.63) is 35.9 Å². The summed E-state index contributed by atoms with van der Waals surface area (Å²) in [4.78, 5) is 12.4. The summed E-state index contributed by atoms with van der Waals surface area (Å²) < 4.78 is 5.21. The predicted molar refractivity (Wildman–Crippen MR) is 83.0 cm³/mol. The van der Waals surface area contributed by atoms with E-state index < -0.39 is 11.0 Å². The summed E-state index contributed by atoms with van der Waals surface area (Å²) in [6, 6.07) is 10.0. The maximum atomic E-state index is 12.4. The zero-order valence-corrected chi connectivity index (χ0v) is 13.3. The van der Waals surface area contributed by atoms with E-state index in [1.165, 1.54) is 0 Å². The summed E-state index contributed by atoms with van der Waals surface area (Å²) in [6.45, 7) is 5.76. The molecule has 1 aliphatic rings. The normalized spacial score (nSPS) is 26.4. The van der Waals surface area contributed by atoms with Gasteiger partial charge in [0.2, 0.25) is 0 Å². The molecule has 21 heavy (non-hydrogen) atoms. The monoisotopic (exact) mass is 290 g/mol. The Balaban J connectivity index is 2.38. The van der Waals surface area contributed by atoms with Gasteiger partial charge in [-0.05, 0) is 39.2 Å². The van der Waals surface area contributed by atoms with Gasteiger partial charge in [-0.1, -0.05) is 43.2 Å². The smallest absolute Gasteiger partial charge is 0.314 e. The summed E-state index contributed by atoms with van der Waals surface area (Å²) in [5.41, 5.74) is -0.861. The number of carbonyl (C=O) groups excluding carboxylic acids is 1. The van der Waals surface area contributed by atoms with E-state index in [2.05, 4.69) is 0 Å². The van der Waals surface area contributed by atoms with Crippen LogP contribution in [-0.2, 0) is 9.53 Å². The second kappa shape index (κ2) is 6.18. The average molecular weight is 290 g/mol. The Morgan fingerprint density at radius 2 is 2.00 bits per heavy atom. The van der Waals surface area contributed by atoms with Crippen LogP contribution in [0.15, 0.2) is 30.3 Å². The van der Waals surface area contributed by atoms with E-state index in [0.29, 0.717) is 13.0 Å². The summed E-state index contributed by atoms with van der Waals surface area (Å²) in [6.07, 6.45) is 3.57. The molecule has 3 heteroatoms. The number of rotatable bonds is 4. The zero-order chi connectivity index (χ0) is 15.5. The van der Waals surface area contributed by atoms with Crippen LogP contribution in [0.25, 0.3) is 0 Å². The van der Waals surface area contributed by atoms with E-state index in [1.807, 2.05) is 44.2 Å². The van der Waals surface area contributed by atoms with Crippen molar-refractivity contribution in [1.82, 2.24) is 0 Å². The molecular formula is C18H26O3. The standard InChI is InChI=1S/C18H26O3/c1-4-21-16(19)17(2,3)18(20)13-9-8-12-15(18)14-10-6-5-7-11-14/h5-7,10-11,15,20H,4,8-9,12-13H2,1-3H3. The molecule has 2 rings (SSSR count). The highest BCUT2D eigenvalue weighted by molar-refractivity contribution is 5.78. The summed E-state index contributed by atoms with van der Waals surface area (Å²) in [5, 5.41) is 11.4. The van der Waals surface area contributed by atoms with Crippen LogP contribution in [0.1, 0.15) is 57.9 Å². The Morgan fingerprint density at radius 3 is 2.62 bits per heavy atom. The van der Waals surface area contributed by atoms with Gasteiger partial charge < -0.3 is 9.84 Å². The lowest BCUT2D eigenvalue weighted by Gasteiger charge is -2.48. The Kier molecular flexibility index (Phi) is 4.72. The van der Waals surface area contributed by atoms with Gasteiger partial charge in [0.25, 0.3) is 0 Å². The van der Waals surface area contributed by atoms with Crippen molar-refractivity contribution in [3.8, 4) is 0 Å². The number of carbonyl (C=O) groups is 1. The minimum Gasteiger partial charge on any atom is -0.465 e. The number of aliphatic hydroxyl groups is 1. The first-order valence-corrected chi connectivity index (χ1v) is 7.88. The van der Waals surface area contributed by atoms with E-state index in [1.54, 1.807) is 6.92 Å². The van der Waals surface area contributed by atoms with Gasteiger partial charge in [0.1, 0.15) is 0 Å². The van der Waals surface area contributed by atoms with Gasteiger partial charge in [0.15, 0.2) is 0 Å². The Morgan fingerprint density at radius 1 is 1.33 bits per heavy atom. The van der Waals surface area contributed by atoms with Crippen molar-refractivity contribution in [2.45, 2.75) is 58.0 Å². The molecule has 1 aromatic rings. The molecule has 0 saturated heterocycles. The molecular weight excluding hydrogens is 264 g/mol. The van der Waals surface area contributed by atoms with Crippen molar-refractivity contribution < 1.29 is 14.6 Å². The van der Waals surface area contributed by atoms with Crippen molar-refractivity contribution in [2.75, 3.05) is 6.61 Å². The third-order valence-electron chi connectivity index (χ3n) is 4.95. The molecule has 1 fully saturated rings. The van der Waals surface area contributed by atoms with Gasteiger partial charge >= 0.3 is 5.97 Å². The highest BCUT2D eigenvalue weighted by atomic mass is 16.5. The van der Waals surface area contributed by atoms with Gasteiger partial charge in [-0.3, -0.25) is 4.79 Å². The van der Waals surface area contributed by atoms with Gasteiger partial charge in [-0.25, -0.2) is 0 Å². The summed E-state index contributed by atoms with van der Waals surface area (Å²) in [5.74, 6) is -0.331. The second-order valence-electron chi connectivity index (χ2n) is 6.48. The third kappa shape index (κ3) is 2.84. The number of hydrogen-bond donors (Lipinski definition) is 1. The molecule has 3 nitrogen and oxygen atoms in total. The molecule has 1 N–H and O–H groups in total. The third-order valence-corrected chi connectivity index (χ3v) is 4.95. The topological polar surface area (TPSA) is 46.5 Å². The van der Waals surface area contributed by atoms with E-state index >= 15 is 0 Å². The first-order valence-electron chi connectivity index (χ1n) is 7.88. The number of hydrogen-bond acceptors (Lipinski definition) is 3. The molecule has 0 heterocycles. The second-order valence-corrected chi connectivity index (χ2v) is 6.48. The first-order chi connectivity index (χ1) is 9.93. The molecule has 1 saturated carbocycles. The fourth-order valence-electron chi connectivity index (χ4n) is 3.52. The summed E-state index contributed by atoms with van der Waals surface area (Å²) >= 11 is 0. The number of esters is 1. The molecule has 116 valence electrons. The molecule has 1 aromatic carbocycles. The lowest BCUT2D eigenvalue weighted by molar-refractivity contribution is -0.178. The first kappa shape index (κ1) is 16.0. The Labute approximate surface area is 127 Å². The molecule has 0 bridgehead atoms. The Bertz CT molecular complexity index is 480. The quantitative estimate of drug-likeness (QED) is 0.861. The van der Waals surface area contributed by atoms with Crippen LogP contribution < -0.4 is 0 Å². The van der Waals surface area contributed by atoms with E-state index in [4.69, 9.17) is 4.74 Å². The molecule has 0 radical (unpaired) electrons. The minimum atomic E-state index is -1.06. The van der Waals surface area contributed by atoms with Crippen molar-refractivity contribution in [3.63, 3.8) is 0 Å². The molecule has 0 amide bonds. The van der Waals surface area contributed by atoms with Crippen LogP contribution in [0, 0.1) is 5.41 Å². The van der Waals surface area contributed by atoms with Gasteiger partial charge in [-0.15, -0.1) is 0 Å². The highest BCUT2D eigenvalue weighted by Gasteiger charge is 2.55. The maximum absolute atomic E-state index is 12.4. The average Bonchev–Trinajstić information content (AvgIpc) is 2.48. The largest absolute Gasteiger partial charge is 0.465 e. The van der Waals surface area contributed by atoms with Crippen LogP contribution in [0.2, 0.25) is 0 Å². The summed E-state index contributed by atoms with van der Waals surface area (Å²) in [7, 11) is 0. The van der Waals surface area contributed by atoms with Gasteiger partial charge in [0, 0.05) is 5.92 Å². The van der Waals surface area contributed by atoms with Crippen molar-refractivity contribution >= 4 is 5.97 Å². The number of ether oxygens (including phenoxy) is 1. The zero-order valence-electron chi connectivity index (χ0n) is 13.3. The van der Waals surface area contributed by atoms with Crippen LogP contribution in [-0.4, -0.2) is 23.3 Å². The fraction of sp³-hybridized carbons (Fsp3) is 0.611. The molecule has 0 spiro atoms. The van der Waals surface area contributed by atoms with Crippen LogP contribution in [0.5, 0.6) is 0 Å². The number of benzene rings is 1. The minimum absolute atomic E-state index is 0.0214. The molecule has 2 atom stereocenters. The van der Waals surface area contributed by atoms with Gasteiger partial charge in [0.05, 0.1) is 17.6 Å². The van der Waals surface area contributed by atoms with Gasteiger partial charge in [-0.2, -0.15) is 0 Å². The van der Waals surface area contributed by atoms with Crippen molar-refractivity contribution in [1.29, 1.82) is 0 Å². The lowest BCUT2D eigenvalue weighted by atomic mass is 9.60. The van der Waals surface area contributed by atoms with E-state index in [-0.39, 0.29) is 11.9 Å². The molecule has 0 aliphatic heterocycles. The molecule has 0 aromatic heterocycles. The molecule has 2 unspecified atom stereocenters. The predicted octanol–water partition coefficient (Wildman–Crippen LogP) is 3.66. The Hall–Kier alpha value is -1.35. The lowest BCUT2D eigenvalue weighted by Crippen LogP contribution is -2.55. The molecule has 1 aliphatic carbocycles. The van der Waals surface area contributed by atoms with Crippen LogP contribution in [0.3, 0.4) is 0 Å². The van der Waals surface area contributed by atoms with Crippen molar-refractivity contribution in [2.24, 2.45) is 5.41 Å². The SMILES string of the molecule is CCOC(=O)C(C)(C)C1(O)CCCCC1c1ccccc1.